The SMILES string of the molecule is O=C1NC2(CCc3ccccc32)C(=O)N1Cc1ccc(Cl)nc1Cl. The smallest absolute Gasteiger partial charge is 0.319 e. The summed E-state index contributed by atoms with van der Waals surface area (Å²) in [5.41, 5.74) is 1.60. The van der Waals surface area contributed by atoms with Gasteiger partial charge in [-0.2, -0.15) is 0 Å². The van der Waals surface area contributed by atoms with Crippen LogP contribution in [-0.4, -0.2) is 21.8 Å². The molecule has 1 aliphatic heterocycles. The number of aromatic nitrogens is 1. The second-order valence-corrected chi connectivity index (χ2v) is 6.71. The molecule has 5 nitrogen and oxygen atoms in total. The Hall–Kier alpha value is -2.11. The van der Waals surface area contributed by atoms with E-state index in [1.165, 1.54) is 4.90 Å². The van der Waals surface area contributed by atoms with Crippen molar-refractivity contribution in [1.82, 2.24) is 15.2 Å². The van der Waals surface area contributed by atoms with Gasteiger partial charge in [-0.25, -0.2) is 9.78 Å². The number of rotatable bonds is 2. The molecule has 2 aromatic rings. The van der Waals surface area contributed by atoms with Gasteiger partial charge in [0.25, 0.3) is 5.91 Å². The molecule has 1 aliphatic carbocycles. The predicted octanol–water partition coefficient (Wildman–Crippen LogP) is 3.28. The minimum atomic E-state index is -0.958. The third-order valence-electron chi connectivity index (χ3n) is 4.64. The van der Waals surface area contributed by atoms with Gasteiger partial charge < -0.3 is 5.32 Å². The lowest BCUT2D eigenvalue weighted by atomic mass is 9.92. The summed E-state index contributed by atoms with van der Waals surface area (Å²) >= 11 is 11.9. The highest BCUT2D eigenvalue weighted by molar-refractivity contribution is 6.32. The second-order valence-electron chi connectivity index (χ2n) is 5.97. The first-order valence-electron chi connectivity index (χ1n) is 7.55. The summed E-state index contributed by atoms with van der Waals surface area (Å²) < 4.78 is 0. The average molecular weight is 362 g/mol. The number of pyridine rings is 1. The maximum Gasteiger partial charge on any atom is 0.325 e. The Morgan fingerprint density at radius 2 is 1.96 bits per heavy atom. The van der Waals surface area contributed by atoms with Crippen molar-refractivity contribution in [2.24, 2.45) is 0 Å². The van der Waals surface area contributed by atoms with Crippen LogP contribution in [0.5, 0.6) is 0 Å². The van der Waals surface area contributed by atoms with Gasteiger partial charge in [0.05, 0.1) is 6.54 Å². The van der Waals surface area contributed by atoms with Crippen molar-refractivity contribution in [3.8, 4) is 0 Å². The monoisotopic (exact) mass is 361 g/mol. The van der Waals surface area contributed by atoms with E-state index in [4.69, 9.17) is 23.2 Å². The molecule has 24 heavy (non-hydrogen) atoms. The first-order valence-corrected chi connectivity index (χ1v) is 8.30. The van der Waals surface area contributed by atoms with Crippen LogP contribution < -0.4 is 5.32 Å². The number of carbonyl (C=O) groups is 2. The van der Waals surface area contributed by atoms with Crippen LogP contribution >= 0.6 is 23.2 Å². The predicted molar refractivity (Wildman–Crippen MR) is 89.8 cm³/mol. The van der Waals surface area contributed by atoms with Crippen LogP contribution in [0.2, 0.25) is 10.3 Å². The number of urea groups is 1. The molecule has 1 aromatic heterocycles. The number of nitrogens with one attached hydrogen (secondary N) is 1. The van der Waals surface area contributed by atoms with Crippen LogP contribution in [0.1, 0.15) is 23.1 Å². The highest BCUT2D eigenvalue weighted by atomic mass is 35.5. The minimum absolute atomic E-state index is 0.0670. The molecule has 3 amide bonds. The Morgan fingerprint density at radius 1 is 1.17 bits per heavy atom. The van der Waals surface area contributed by atoms with Gasteiger partial charge in [-0.1, -0.05) is 53.5 Å². The van der Waals surface area contributed by atoms with E-state index in [2.05, 4.69) is 10.3 Å². The zero-order chi connectivity index (χ0) is 16.9. The summed E-state index contributed by atoms with van der Waals surface area (Å²) in [7, 11) is 0. The number of hydrogen-bond donors (Lipinski definition) is 1. The van der Waals surface area contributed by atoms with Crippen molar-refractivity contribution in [3.63, 3.8) is 0 Å². The Morgan fingerprint density at radius 3 is 2.75 bits per heavy atom. The zero-order valence-corrected chi connectivity index (χ0v) is 14.1. The van der Waals surface area contributed by atoms with Gasteiger partial charge in [0, 0.05) is 5.56 Å². The number of aryl methyl sites for hydroxylation is 1. The van der Waals surface area contributed by atoms with E-state index in [0.717, 1.165) is 17.5 Å². The number of carbonyl (C=O) groups excluding carboxylic acids is 2. The van der Waals surface area contributed by atoms with E-state index in [-0.39, 0.29) is 22.8 Å². The van der Waals surface area contributed by atoms with Gasteiger partial charge in [0.15, 0.2) is 0 Å². The van der Waals surface area contributed by atoms with Crippen LogP contribution in [0.15, 0.2) is 36.4 Å². The van der Waals surface area contributed by atoms with Crippen LogP contribution in [-0.2, 0) is 23.3 Å². The Balaban J connectivity index is 1.68. The van der Waals surface area contributed by atoms with E-state index >= 15 is 0 Å². The van der Waals surface area contributed by atoms with Gasteiger partial charge in [-0.05, 0) is 30.0 Å². The molecule has 1 saturated heterocycles. The molecule has 7 heteroatoms. The van der Waals surface area contributed by atoms with E-state index in [1.807, 2.05) is 24.3 Å². The first kappa shape index (κ1) is 15.4. The fourth-order valence-electron chi connectivity index (χ4n) is 3.46. The van der Waals surface area contributed by atoms with Crippen LogP contribution in [0, 0.1) is 0 Å². The van der Waals surface area contributed by atoms with Crippen molar-refractivity contribution in [3.05, 3.63) is 63.4 Å². The minimum Gasteiger partial charge on any atom is -0.319 e. The van der Waals surface area contributed by atoms with Crippen molar-refractivity contribution in [2.75, 3.05) is 0 Å². The molecule has 1 spiro atoms. The zero-order valence-electron chi connectivity index (χ0n) is 12.6. The lowest BCUT2D eigenvalue weighted by Gasteiger charge is -2.22. The molecule has 1 aromatic carbocycles. The highest BCUT2D eigenvalue weighted by Gasteiger charge is 2.55. The normalized spacial score (nSPS) is 22.2. The van der Waals surface area contributed by atoms with Crippen molar-refractivity contribution in [1.29, 1.82) is 0 Å². The molecule has 4 rings (SSSR count). The van der Waals surface area contributed by atoms with Crippen molar-refractivity contribution < 1.29 is 9.59 Å². The molecule has 0 saturated carbocycles. The number of halogens is 2. The molecular weight excluding hydrogens is 349 g/mol. The molecule has 122 valence electrons. The fourth-order valence-corrected chi connectivity index (χ4v) is 3.87. The summed E-state index contributed by atoms with van der Waals surface area (Å²) in [6, 6.07) is 10.6. The molecule has 1 fully saturated rings. The number of imide groups is 1. The van der Waals surface area contributed by atoms with Gasteiger partial charge in [-0.3, -0.25) is 9.69 Å². The third-order valence-corrected chi connectivity index (χ3v) is 5.18. The summed E-state index contributed by atoms with van der Waals surface area (Å²) in [4.78, 5) is 30.6. The summed E-state index contributed by atoms with van der Waals surface area (Å²) in [5, 5.41) is 3.34. The van der Waals surface area contributed by atoms with Crippen LogP contribution in [0.3, 0.4) is 0 Å². The molecule has 1 unspecified atom stereocenters. The van der Waals surface area contributed by atoms with Crippen LogP contribution in [0.25, 0.3) is 0 Å². The summed E-state index contributed by atoms with van der Waals surface area (Å²) in [5.74, 6) is -0.247. The fraction of sp³-hybridized carbons (Fsp3) is 0.235. The summed E-state index contributed by atoms with van der Waals surface area (Å²) in [6.45, 7) is 0.0670. The Bertz CT molecular complexity index is 871. The van der Waals surface area contributed by atoms with Gasteiger partial charge >= 0.3 is 6.03 Å². The molecule has 0 bridgehead atoms. The quantitative estimate of drug-likeness (QED) is 0.659. The van der Waals surface area contributed by atoms with E-state index in [0.29, 0.717) is 12.0 Å². The maximum atomic E-state index is 13.0. The molecule has 1 N–H and O–H groups in total. The Labute approximate surface area is 148 Å². The highest BCUT2D eigenvalue weighted by Crippen LogP contribution is 2.41. The molecule has 0 radical (unpaired) electrons. The van der Waals surface area contributed by atoms with Gasteiger partial charge in [0.1, 0.15) is 15.8 Å². The number of benzene rings is 1. The number of nitrogens with zero attached hydrogens (tertiary/aromatic N) is 2. The molecular formula is C17H13Cl2N3O2. The lowest BCUT2D eigenvalue weighted by Crippen LogP contribution is -2.41. The van der Waals surface area contributed by atoms with Gasteiger partial charge in [0.2, 0.25) is 0 Å². The van der Waals surface area contributed by atoms with Gasteiger partial charge in [-0.15, -0.1) is 0 Å². The lowest BCUT2D eigenvalue weighted by molar-refractivity contribution is -0.132. The topological polar surface area (TPSA) is 62.3 Å². The number of amides is 3. The average Bonchev–Trinajstić information content (AvgIpc) is 3.04. The Kier molecular flexibility index (Phi) is 3.51. The number of hydrogen-bond acceptors (Lipinski definition) is 3. The van der Waals surface area contributed by atoms with Crippen molar-refractivity contribution in [2.45, 2.75) is 24.9 Å². The standard InChI is InChI=1S/C17H13Cl2N3O2/c18-13-6-5-11(14(19)20-13)9-22-15(23)17(21-16(22)24)8-7-10-3-1-2-4-12(10)17/h1-6H,7-9H2,(H,21,24). The maximum absolute atomic E-state index is 13.0. The van der Waals surface area contributed by atoms with E-state index in [1.54, 1.807) is 12.1 Å². The second kappa shape index (κ2) is 5.46. The van der Waals surface area contributed by atoms with E-state index in [9.17, 15) is 9.59 Å². The largest absolute Gasteiger partial charge is 0.325 e. The first-order chi connectivity index (χ1) is 11.5. The molecule has 2 heterocycles. The molecule has 1 atom stereocenters. The molecule has 2 aliphatic rings. The summed E-state index contributed by atoms with van der Waals surface area (Å²) in [6.07, 6.45) is 1.33. The number of fused-ring (bicyclic) bond motifs is 2. The van der Waals surface area contributed by atoms with Crippen molar-refractivity contribution >= 4 is 35.1 Å². The van der Waals surface area contributed by atoms with Crippen LogP contribution in [0.4, 0.5) is 4.79 Å². The van der Waals surface area contributed by atoms with E-state index < -0.39 is 11.6 Å². The third kappa shape index (κ3) is 2.19.